The maximum absolute atomic E-state index is 13.8. The molecule has 148 valence electrons. The number of anilines is 1. The number of aromatic hydroxyl groups is 1. The Morgan fingerprint density at radius 2 is 1.63 bits per heavy atom. The van der Waals surface area contributed by atoms with Gasteiger partial charge in [0.05, 0.1) is 17.0 Å². The standard InChI is InChI=1S/C23H13F2NO4/c24-13-4-7-15(8-5-13)26-20(12-2-1-3-16(27)10-12)19-21(28)17-11-14(25)6-9-18(17)30-22(19)23(26)29/h1-11,20,27H. The highest BCUT2D eigenvalue weighted by molar-refractivity contribution is 6.10. The second-order valence-corrected chi connectivity index (χ2v) is 6.96. The van der Waals surface area contributed by atoms with Crippen molar-refractivity contribution in [3.8, 4) is 5.75 Å². The Balaban J connectivity index is 1.83. The Kier molecular flexibility index (Phi) is 3.92. The third kappa shape index (κ3) is 2.67. The molecule has 1 aliphatic heterocycles. The predicted octanol–water partition coefficient (Wildman–Crippen LogP) is 4.53. The molecule has 0 bridgehead atoms. The highest BCUT2D eigenvalue weighted by atomic mass is 19.1. The van der Waals surface area contributed by atoms with Crippen molar-refractivity contribution < 1.29 is 23.1 Å². The number of carbonyl (C=O) groups is 1. The molecule has 1 aliphatic rings. The average molecular weight is 405 g/mol. The first-order chi connectivity index (χ1) is 14.4. The summed E-state index contributed by atoms with van der Waals surface area (Å²) in [5.41, 5.74) is 0.374. The van der Waals surface area contributed by atoms with Crippen molar-refractivity contribution in [2.24, 2.45) is 0 Å². The number of phenols is 1. The lowest BCUT2D eigenvalue weighted by molar-refractivity contribution is 0.0971. The Morgan fingerprint density at radius 3 is 2.37 bits per heavy atom. The summed E-state index contributed by atoms with van der Waals surface area (Å²) in [6.07, 6.45) is 0. The van der Waals surface area contributed by atoms with Crippen LogP contribution in [0.2, 0.25) is 0 Å². The highest BCUT2D eigenvalue weighted by Gasteiger charge is 2.43. The second kappa shape index (κ2) is 6.52. The van der Waals surface area contributed by atoms with Crippen molar-refractivity contribution in [3.63, 3.8) is 0 Å². The zero-order chi connectivity index (χ0) is 21.0. The maximum atomic E-state index is 13.8. The topological polar surface area (TPSA) is 70.8 Å². The van der Waals surface area contributed by atoms with Crippen LogP contribution in [0, 0.1) is 11.6 Å². The van der Waals surface area contributed by atoms with E-state index in [1.807, 2.05) is 0 Å². The molecule has 3 aromatic carbocycles. The van der Waals surface area contributed by atoms with E-state index in [2.05, 4.69) is 0 Å². The van der Waals surface area contributed by atoms with Gasteiger partial charge in [0.1, 0.15) is 23.0 Å². The number of halogens is 2. The van der Waals surface area contributed by atoms with Crippen LogP contribution in [0.3, 0.4) is 0 Å². The van der Waals surface area contributed by atoms with E-state index in [4.69, 9.17) is 4.42 Å². The zero-order valence-corrected chi connectivity index (χ0v) is 15.3. The van der Waals surface area contributed by atoms with E-state index >= 15 is 0 Å². The fraction of sp³-hybridized carbons (Fsp3) is 0.0435. The van der Waals surface area contributed by atoms with E-state index in [0.717, 1.165) is 12.1 Å². The van der Waals surface area contributed by atoms with E-state index in [0.29, 0.717) is 11.3 Å². The molecule has 4 aromatic rings. The van der Waals surface area contributed by atoms with Gasteiger partial charge in [-0.3, -0.25) is 14.5 Å². The summed E-state index contributed by atoms with van der Waals surface area (Å²) in [6, 6.07) is 13.9. The number of hydrogen-bond acceptors (Lipinski definition) is 4. The third-order valence-electron chi connectivity index (χ3n) is 5.12. The van der Waals surface area contributed by atoms with Crippen LogP contribution in [0.4, 0.5) is 14.5 Å². The molecule has 1 atom stereocenters. The Bertz CT molecular complexity index is 1380. The number of hydrogen-bond donors (Lipinski definition) is 1. The van der Waals surface area contributed by atoms with Crippen molar-refractivity contribution in [1.82, 2.24) is 0 Å². The smallest absolute Gasteiger partial charge is 0.295 e. The lowest BCUT2D eigenvalue weighted by Gasteiger charge is -2.25. The van der Waals surface area contributed by atoms with Gasteiger partial charge in [-0.25, -0.2) is 8.78 Å². The quantitative estimate of drug-likeness (QED) is 0.532. The second-order valence-electron chi connectivity index (χ2n) is 6.96. The van der Waals surface area contributed by atoms with Gasteiger partial charge < -0.3 is 9.52 Å². The number of carbonyl (C=O) groups excluding carboxylic acids is 1. The molecule has 1 aromatic heterocycles. The predicted molar refractivity (Wildman–Crippen MR) is 106 cm³/mol. The molecule has 1 amide bonds. The van der Waals surface area contributed by atoms with E-state index in [-0.39, 0.29) is 28.0 Å². The summed E-state index contributed by atoms with van der Waals surface area (Å²) in [4.78, 5) is 27.9. The average Bonchev–Trinajstić information content (AvgIpc) is 3.02. The minimum Gasteiger partial charge on any atom is -0.508 e. The molecule has 0 fully saturated rings. The lowest BCUT2D eigenvalue weighted by Crippen LogP contribution is -2.29. The summed E-state index contributed by atoms with van der Waals surface area (Å²) in [5, 5.41) is 9.96. The Morgan fingerprint density at radius 1 is 0.900 bits per heavy atom. The number of amides is 1. The van der Waals surface area contributed by atoms with Gasteiger partial charge in [-0.15, -0.1) is 0 Å². The van der Waals surface area contributed by atoms with Crippen molar-refractivity contribution in [1.29, 1.82) is 0 Å². The molecule has 1 unspecified atom stereocenters. The molecule has 0 spiro atoms. The van der Waals surface area contributed by atoms with E-state index in [1.165, 1.54) is 47.4 Å². The van der Waals surface area contributed by atoms with Gasteiger partial charge in [0.2, 0.25) is 5.76 Å². The van der Waals surface area contributed by atoms with Crippen molar-refractivity contribution in [2.75, 3.05) is 4.90 Å². The first-order valence-corrected chi connectivity index (χ1v) is 9.08. The van der Waals surface area contributed by atoms with Gasteiger partial charge >= 0.3 is 0 Å². The number of benzene rings is 3. The van der Waals surface area contributed by atoms with E-state index in [1.54, 1.807) is 12.1 Å². The Hall–Kier alpha value is -4.00. The summed E-state index contributed by atoms with van der Waals surface area (Å²) >= 11 is 0. The highest BCUT2D eigenvalue weighted by Crippen LogP contribution is 2.41. The molecule has 30 heavy (non-hydrogen) atoms. The van der Waals surface area contributed by atoms with Gasteiger partial charge in [-0.2, -0.15) is 0 Å². The van der Waals surface area contributed by atoms with E-state index in [9.17, 15) is 23.5 Å². The molecule has 0 saturated heterocycles. The minimum atomic E-state index is -0.936. The number of nitrogens with zero attached hydrogens (tertiary/aromatic N) is 1. The molecule has 7 heteroatoms. The number of phenolic OH excluding ortho intramolecular Hbond substituents is 1. The number of rotatable bonds is 2. The van der Waals surface area contributed by atoms with Crippen LogP contribution in [0.5, 0.6) is 5.75 Å². The zero-order valence-electron chi connectivity index (χ0n) is 15.3. The monoisotopic (exact) mass is 405 g/mol. The molecule has 1 N–H and O–H groups in total. The van der Waals surface area contributed by atoms with Crippen LogP contribution in [0.25, 0.3) is 11.0 Å². The van der Waals surface area contributed by atoms with Crippen LogP contribution in [-0.4, -0.2) is 11.0 Å². The van der Waals surface area contributed by atoms with Crippen LogP contribution in [0.15, 0.2) is 75.9 Å². The van der Waals surface area contributed by atoms with Crippen molar-refractivity contribution in [2.45, 2.75) is 6.04 Å². The van der Waals surface area contributed by atoms with Crippen LogP contribution >= 0.6 is 0 Å². The van der Waals surface area contributed by atoms with E-state index < -0.39 is 29.0 Å². The fourth-order valence-corrected chi connectivity index (χ4v) is 3.82. The largest absolute Gasteiger partial charge is 0.508 e. The van der Waals surface area contributed by atoms with Gasteiger partial charge in [0.25, 0.3) is 5.91 Å². The number of fused-ring (bicyclic) bond motifs is 2. The molecular formula is C23H13F2NO4. The Labute approximate surface area is 168 Å². The molecular weight excluding hydrogens is 392 g/mol. The fourth-order valence-electron chi connectivity index (χ4n) is 3.82. The lowest BCUT2D eigenvalue weighted by atomic mass is 9.98. The summed E-state index contributed by atoms with van der Waals surface area (Å²) < 4.78 is 32.9. The SMILES string of the molecule is O=C1c2oc3ccc(F)cc3c(=O)c2C(c2cccc(O)c2)N1c1ccc(F)cc1. The van der Waals surface area contributed by atoms with Gasteiger partial charge in [0.15, 0.2) is 5.43 Å². The summed E-state index contributed by atoms with van der Waals surface area (Å²) in [5.74, 6) is -1.90. The minimum absolute atomic E-state index is 0.00709. The van der Waals surface area contributed by atoms with Crippen molar-refractivity contribution in [3.05, 3.63) is 105 Å². The summed E-state index contributed by atoms with van der Waals surface area (Å²) in [6.45, 7) is 0. The normalized spacial score (nSPS) is 15.6. The van der Waals surface area contributed by atoms with Gasteiger partial charge in [-0.05, 0) is 60.2 Å². The molecule has 0 radical (unpaired) electrons. The molecule has 5 nitrogen and oxygen atoms in total. The maximum Gasteiger partial charge on any atom is 0.295 e. The van der Waals surface area contributed by atoms with Crippen molar-refractivity contribution >= 4 is 22.6 Å². The first-order valence-electron chi connectivity index (χ1n) is 9.08. The van der Waals surface area contributed by atoms with Crippen LogP contribution in [-0.2, 0) is 0 Å². The first kappa shape index (κ1) is 18.1. The molecule has 5 rings (SSSR count). The van der Waals surface area contributed by atoms with Gasteiger partial charge in [-0.1, -0.05) is 12.1 Å². The van der Waals surface area contributed by atoms with Crippen LogP contribution < -0.4 is 10.3 Å². The summed E-state index contributed by atoms with van der Waals surface area (Å²) in [7, 11) is 0. The van der Waals surface area contributed by atoms with Gasteiger partial charge in [0, 0.05) is 5.69 Å². The molecule has 0 saturated carbocycles. The molecule has 0 aliphatic carbocycles. The van der Waals surface area contributed by atoms with Crippen LogP contribution in [0.1, 0.15) is 27.7 Å². The molecule has 2 heterocycles. The third-order valence-corrected chi connectivity index (χ3v) is 5.12.